The maximum absolute atomic E-state index is 14.9. The topological polar surface area (TPSA) is 92.3 Å². The van der Waals surface area contributed by atoms with E-state index in [1.807, 2.05) is 6.07 Å². The average Bonchev–Trinajstić information content (AvgIpc) is 3.31. The number of nitrogens with one attached hydrogen (secondary N) is 1. The number of nitrogens with two attached hydrogens (primary N) is 1. The van der Waals surface area contributed by atoms with Gasteiger partial charge in [0.05, 0.1) is 11.4 Å². The smallest absolute Gasteiger partial charge is 0.275 e. The summed E-state index contributed by atoms with van der Waals surface area (Å²) in [6, 6.07) is 6.86. The van der Waals surface area contributed by atoms with E-state index in [4.69, 9.17) is 5.73 Å². The fourth-order valence-corrected chi connectivity index (χ4v) is 4.69. The molecule has 8 nitrogen and oxygen atoms in total. The van der Waals surface area contributed by atoms with Gasteiger partial charge in [0.2, 0.25) is 5.95 Å². The van der Waals surface area contributed by atoms with Crippen molar-refractivity contribution in [3.8, 4) is 0 Å². The molecule has 1 aliphatic carbocycles. The van der Waals surface area contributed by atoms with Crippen LogP contribution in [0.3, 0.4) is 0 Å². The molecule has 3 heterocycles. The number of rotatable bonds is 4. The van der Waals surface area contributed by atoms with Crippen LogP contribution in [0.1, 0.15) is 31.7 Å². The van der Waals surface area contributed by atoms with Gasteiger partial charge in [0, 0.05) is 49.5 Å². The molecule has 1 saturated heterocycles. The number of nitrogens with zero attached hydrogens (tertiary/aromatic N) is 5. The van der Waals surface area contributed by atoms with Crippen LogP contribution in [0.15, 0.2) is 35.3 Å². The van der Waals surface area contributed by atoms with E-state index < -0.39 is 0 Å². The lowest BCUT2D eigenvalue weighted by Crippen LogP contribution is -2.44. The van der Waals surface area contributed by atoms with E-state index in [2.05, 4.69) is 32.1 Å². The zero-order valence-corrected chi connectivity index (χ0v) is 18.2. The zero-order valence-electron chi connectivity index (χ0n) is 18.2. The van der Waals surface area contributed by atoms with Gasteiger partial charge in [0.15, 0.2) is 0 Å². The van der Waals surface area contributed by atoms with Crippen molar-refractivity contribution in [1.82, 2.24) is 19.4 Å². The third-order valence-corrected chi connectivity index (χ3v) is 6.56. The number of piperazine rings is 1. The Kier molecular flexibility index (Phi) is 5.42. The Morgan fingerprint density at radius 2 is 1.88 bits per heavy atom. The van der Waals surface area contributed by atoms with E-state index in [9.17, 15) is 9.18 Å². The first-order chi connectivity index (χ1) is 15.5. The molecule has 2 aliphatic rings. The standard InChI is InChI=1S/C23H28FN7O/c1-29-8-10-30(11-9-29)17-6-7-20(18(24)13-17)27-23-26-14-15-12-19(25)22(32)31(21(15)28-23)16-4-2-3-5-16/h6-7,12-14,16H,2-5,8-11,25H2,1H3,(H,26,27,28). The molecule has 0 spiro atoms. The third-order valence-electron chi connectivity index (χ3n) is 6.56. The summed E-state index contributed by atoms with van der Waals surface area (Å²) in [6.45, 7) is 3.66. The number of aromatic nitrogens is 3. The fraction of sp³-hybridized carbons (Fsp3) is 0.435. The van der Waals surface area contributed by atoms with Crippen molar-refractivity contribution in [2.75, 3.05) is 49.2 Å². The van der Waals surface area contributed by atoms with Crippen molar-refractivity contribution in [2.45, 2.75) is 31.7 Å². The van der Waals surface area contributed by atoms with Crippen molar-refractivity contribution in [3.63, 3.8) is 0 Å². The summed E-state index contributed by atoms with van der Waals surface area (Å²) in [4.78, 5) is 26.1. The molecule has 0 radical (unpaired) electrons. The van der Waals surface area contributed by atoms with Crippen molar-refractivity contribution < 1.29 is 4.39 Å². The maximum Gasteiger partial charge on any atom is 0.275 e. The maximum atomic E-state index is 14.9. The molecular weight excluding hydrogens is 409 g/mol. The third kappa shape index (κ3) is 3.88. The van der Waals surface area contributed by atoms with Crippen LogP contribution in [0, 0.1) is 5.82 Å². The number of pyridine rings is 1. The van der Waals surface area contributed by atoms with Crippen LogP contribution in [0.5, 0.6) is 0 Å². The zero-order chi connectivity index (χ0) is 22.2. The first-order valence-electron chi connectivity index (χ1n) is 11.2. The minimum Gasteiger partial charge on any atom is -0.394 e. The van der Waals surface area contributed by atoms with Gasteiger partial charge >= 0.3 is 0 Å². The van der Waals surface area contributed by atoms with Crippen LogP contribution in [0.25, 0.3) is 11.0 Å². The van der Waals surface area contributed by atoms with Gasteiger partial charge < -0.3 is 20.9 Å². The van der Waals surface area contributed by atoms with Gasteiger partial charge in [-0.3, -0.25) is 9.36 Å². The van der Waals surface area contributed by atoms with Crippen LogP contribution in [-0.4, -0.2) is 52.7 Å². The highest BCUT2D eigenvalue weighted by atomic mass is 19.1. The highest BCUT2D eigenvalue weighted by Gasteiger charge is 2.22. The largest absolute Gasteiger partial charge is 0.394 e. The Morgan fingerprint density at radius 1 is 1.12 bits per heavy atom. The van der Waals surface area contributed by atoms with E-state index in [0.29, 0.717) is 16.7 Å². The summed E-state index contributed by atoms with van der Waals surface area (Å²) >= 11 is 0. The molecule has 0 bridgehead atoms. The van der Waals surface area contributed by atoms with Gasteiger partial charge in [-0.15, -0.1) is 0 Å². The average molecular weight is 438 g/mol. The van der Waals surface area contributed by atoms with Gasteiger partial charge in [-0.2, -0.15) is 4.98 Å². The number of fused-ring (bicyclic) bond motifs is 1. The van der Waals surface area contributed by atoms with Crippen molar-refractivity contribution in [2.24, 2.45) is 0 Å². The van der Waals surface area contributed by atoms with E-state index in [1.54, 1.807) is 29.0 Å². The predicted octanol–water partition coefficient (Wildman–Crippen LogP) is 3.12. The molecule has 3 aromatic rings. The van der Waals surface area contributed by atoms with Gasteiger partial charge in [0.1, 0.15) is 11.5 Å². The number of nitrogen functional groups attached to an aromatic ring is 1. The number of hydrogen-bond donors (Lipinski definition) is 2. The lowest BCUT2D eigenvalue weighted by atomic mass is 10.2. The molecule has 168 valence electrons. The lowest BCUT2D eigenvalue weighted by Gasteiger charge is -2.34. The summed E-state index contributed by atoms with van der Waals surface area (Å²) in [7, 11) is 2.09. The molecular formula is C23H28FN7O. The van der Waals surface area contributed by atoms with E-state index >= 15 is 0 Å². The highest BCUT2D eigenvalue weighted by molar-refractivity contribution is 5.79. The first-order valence-corrected chi connectivity index (χ1v) is 11.2. The fourth-order valence-electron chi connectivity index (χ4n) is 4.69. The van der Waals surface area contributed by atoms with Gasteiger partial charge in [-0.25, -0.2) is 9.37 Å². The van der Waals surface area contributed by atoms with Gasteiger partial charge in [0.25, 0.3) is 5.56 Å². The van der Waals surface area contributed by atoms with E-state index in [0.717, 1.165) is 57.5 Å². The number of halogens is 1. The molecule has 5 rings (SSSR count). The normalized spacial score (nSPS) is 17.9. The van der Waals surface area contributed by atoms with E-state index in [-0.39, 0.29) is 29.1 Å². The molecule has 0 amide bonds. The second kappa shape index (κ2) is 8.38. The number of likely N-dealkylation sites (N-methyl/N-ethyl adjacent to an activating group) is 1. The molecule has 1 aliphatic heterocycles. The van der Waals surface area contributed by atoms with Crippen LogP contribution >= 0.6 is 0 Å². The van der Waals surface area contributed by atoms with E-state index in [1.165, 1.54) is 0 Å². The molecule has 3 N–H and O–H groups in total. The Hall–Kier alpha value is -3.20. The summed E-state index contributed by atoms with van der Waals surface area (Å²) in [5.41, 5.74) is 7.62. The highest BCUT2D eigenvalue weighted by Crippen LogP contribution is 2.31. The summed E-state index contributed by atoms with van der Waals surface area (Å²) < 4.78 is 16.6. The number of anilines is 4. The molecule has 2 fully saturated rings. The van der Waals surface area contributed by atoms with Crippen molar-refractivity contribution in [3.05, 3.63) is 46.6 Å². The Morgan fingerprint density at radius 3 is 2.59 bits per heavy atom. The molecule has 1 saturated carbocycles. The van der Waals surface area contributed by atoms with Crippen LogP contribution in [-0.2, 0) is 0 Å². The Bertz CT molecular complexity index is 1200. The molecule has 32 heavy (non-hydrogen) atoms. The number of benzene rings is 1. The van der Waals surface area contributed by atoms with Gasteiger partial charge in [-0.1, -0.05) is 12.8 Å². The molecule has 0 atom stereocenters. The molecule has 0 unspecified atom stereocenters. The monoisotopic (exact) mass is 437 g/mol. The quantitative estimate of drug-likeness (QED) is 0.648. The van der Waals surface area contributed by atoms with Crippen LogP contribution in [0.4, 0.5) is 27.4 Å². The lowest BCUT2D eigenvalue weighted by molar-refractivity contribution is 0.313. The molecule has 9 heteroatoms. The summed E-state index contributed by atoms with van der Waals surface area (Å²) in [5, 5.41) is 3.68. The minimum atomic E-state index is -0.365. The second-order valence-electron chi connectivity index (χ2n) is 8.77. The SMILES string of the molecule is CN1CCN(c2ccc(Nc3ncc4cc(N)c(=O)n(C5CCCC5)c4n3)c(F)c2)CC1. The summed E-state index contributed by atoms with van der Waals surface area (Å²) in [6.07, 6.45) is 5.63. The first kappa shape index (κ1) is 20.7. The number of hydrogen-bond acceptors (Lipinski definition) is 7. The molecule has 1 aromatic carbocycles. The summed E-state index contributed by atoms with van der Waals surface area (Å²) in [5.74, 6) is -0.115. The molecule has 2 aromatic heterocycles. The Balaban J connectivity index is 1.45. The van der Waals surface area contributed by atoms with Crippen molar-refractivity contribution >= 4 is 34.0 Å². The van der Waals surface area contributed by atoms with Crippen LogP contribution in [0.2, 0.25) is 0 Å². The van der Waals surface area contributed by atoms with Crippen molar-refractivity contribution in [1.29, 1.82) is 0 Å². The van der Waals surface area contributed by atoms with Gasteiger partial charge in [-0.05, 0) is 44.2 Å². The van der Waals surface area contributed by atoms with Crippen LogP contribution < -0.4 is 21.5 Å². The second-order valence-corrected chi connectivity index (χ2v) is 8.77. The predicted molar refractivity (Wildman–Crippen MR) is 125 cm³/mol. The minimum absolute atomic E-state index is 0.0795. The Labute approximate surface area is 185 Å².